The Labute approximate surface area is 107 Å². The number of hydrogen-bond acceptors (Lipinski definition) is 4. The summed E-state index contributed by atoms with van der Waals surface area (Å²) in [5.41, 5.74) is 5.88. The van der Waals surface area contributed by atoms with E-state index in [1.807, 2.05) is 0 Å². The number of H-pyrrole nitrogens is 1. The Morgan fingerprint density at radius 3 is 2.72 bits per heavy atom. The minimum Gasteiger partial charge on any atom is -0.398 e. The maximum atomic E-state index is 11.9. The Bertz CT molecular complexity index is 633. The van der Waals surface area contributed by atoms with Gasteiger partial charge in [-0.05, 0) is 24.3 Å². The molecule has 0 saturated heterocycles. The number of benzene rings is 1. The van der Waals surface area contributed by atoms with Crippen LogP contribution in [0.3, 0.4) is 0 Å². The van der Waals surface area contributed by atoms with Crippen LogP contribution in [-0.2, 0) is 0 Å². The molecular formula is C11H9ClN4O2. The van der Waals surface area contributed by atoms with Gasteiger partial charge in [0.25, 0.3) is 11.5 Å². The molecule has 0 unspecified atom stereocenters. The number of nitrogens with zero attached hydrogens (tertiary/aromatic N) is 1. The third kappa shape index (κ3) is 2.67. The van der Waals surface area contributed by atoms with Crippen molar-refractivity contribution in [1.29, 1.82) is 0 Å². The quantitative estimate of drug-likeness (QED) is 0.711. The number of carbonyl (C=O) groups is 1. The number of halogens is 1. The highest BCUT2D eigenvalue weighted by atomic mass is 35.5. The van der Waals surface area contributed by atoms with E-state index in [-0.39, 0.29) is 22.6 Å². The minimum atomic E-state index is -0.427. The van der Waals surface area contributed by atoms with Gasteiger partial charge in [-0.2, -0.15) is 5.10 Å². The predicted molar refractivity (Wildman–Crippen MR) is 68.7 cm³/mol. The van der Waals surface area contributed by atoms with Crippen molar-refractivity contribution in [3.63, 3.8) is 0 Å². The molecule has 0 atom stereocenters. The van der Waals surface area contributed by atoms with Crippen molar-refractivity contribution in [2.45, 2.75) is 0 Å². The first-order valence-corrected chi connectivity index (χ1v) is 5.36. The van der Waals surface area contributed by atoms with Crippen LogP contribution in [-0.4, -0.2) is 16.1 Å². The van der Waals surface area contributed by atoms with Crippen LogP contribution in [0.4, 0.5) is 11.5 Å². The summed E-state index contributed by atoms with van der Waals surface area (Å²) in [5.74, 6) is -0.197. The summed E-state index contributed by atoms with van der Waals surface area (Å²) in [6, 6.07) is 7.21. The molecule has 0 bridgehead atoms. The number of rotatable bonds is 2. The predicted octanol–water partition coefficient (Wildman–Crippen LogP) is 1.26. The molecule has 1 aromatic carbocycles. The van der Waals surface area contributed by atoms with Gasteiger partial charge in [0.1, 0.15) is 0 Å². The molecule has 0 saturated carbocycles. The largest absolute Gasteiger partial charge is 0.398 e. The van der Waals surface area contributed by atoms with Gasteiger partial charge in [0, 0.05) is 16.8 Å². The van der Waals surface area contributed by atoms with Gasteiger partial charge in [0.05, 0.1) is 5.56 Å². The number of anilines is 2. The van der Waals surface area contributed by atoms with E-state index in [1.165, 1.54) is 24.3 Å². The van der Waals surface area contributed by atoms with Crippen molar-refractivity contribution in [3.8, 4) is 0 Å². The van der Waals surface area contributed by atoms with E-state index < -0.39 is 5.91 Å². The third-order valence-electron chi connectivity index (χ3n) is 2.18. The average molecular weight is 265 g/mol. The molecule has 1 amide bonds. The highest BCUT2D eigenvalue weighted by Crippen LogP contribution is 2.18. The topological polar surface area (TPSA) is 101 Å². The SMILES string of the molecule is Nc1cc(Cl)ccc1C(=O)Nc1ccc(=O)[nH]n1. The van der Waals surface area contributed by atoms with Gasteiger partial charge < -0.3 is 11.1 Å². The first kappa shape index (κ1) is 12.1. The summed E-state index contributed by atoms with van der Waals surface area (Å²) in [5, 5.41) is 8.82. The van der Waals surface area contributed by atoms with Crippen LogP contribution in [0.1, 0.15) is 10.4 Å². The Hall–Kier alpha value is -2.34. The zero-order valence-corrected chi connectivity index (χ0v) is 9.86. The summed E-state index contributed by atoms with van der Waals surface area (Å²) < 4.78 is 0. The minimum absolute atomic E-state index is 0.231. The van der Waals surface area contributed by atoms with Crippen LogP contribution in [0, 0.1) is 0 Å². The Balaban J connectivity index is 2.22. The monoisotopic (exact) mass is 264 g/mol. The maximum absolute atomic E-state index is 11.9. The Kier molecular flexibility index (Phi) is 3.29. The van der Waals surface area contributed by atoms with Crippen molar-refractivity contribution in [1.82, 2.24) is 10.2 Å². The van der Waals surface area contributed by atoms with Gasteiger partial charge in [0.15, 0.2) is 5.82 Å². The molecule has 2 rings (SSSR count). The number of aromatic nitrogens is 2. The molecule has 0 aliphatic rings. The number of nitrogens with one attached hydrogen (secondary N) is 2. The van der Waals surface area contributed by atoms with Crippen LogP contribution in [0.5, 0.6) is 0 Å². The van der Waals surface area contributed by atoms with Crippen LogP contribution >= 0.6 is 11.6 Å². The first-order valence-electron chi connectivity index (χ1n) is 4.98. The van der Waals surface area contributed by atoms with Crippen molar-refractivity contribution >= 4 is 29.0 Å². The standard InChI is InChI=1S/C11H9ClN4O2/c12-6-1-2-7(8(13)5-6)11(18)14-9-3-4-10(17)16-15-9/h1-5H,13H2,(H,16,17)(H,14,15,18). The van der Waals surface area contributed by atoms with Crippen LogP contribution in [0.25, 0.3) is 0 Å². The summed E-state index contributed by atoms with van der Waals surface area (Å²) >= 11 is 5.74. The fourth-order valence-corrected chi connectivity index (χ4v) is 1.52. The smallest absolute Gasteiger partial charge is 0.264 e. The van der Waals surface area contributed by atoms with Gasteiger partial charge in [-0.3, -0.25) is 9.59 Å². The van der Waals surface area contributed by atoms with Crippen LogP contribution in [0.2, 0.25) is 5.02 Å². The highest BCUT2D eigenvalue weighted by Gasteiger charge is 2.10. The van der Waals surface area contributed by atoms with Gasteiger partial charge in [-0.25, -0.2) is 5.10 Å². The molecule has 2 aromatic rings. The number of hydrogen-bond donors (Lipinski definition) is 3. The Morgan fingerprint density at radius 1 is 1.33 bits per heavy atom. The average Bonchev–Trinajstić information content (AvgIpc) is 2.32. The number of carbonyl (C=O) groups excluding carboxylic acids is 1. The molecule has 0 aliphatic heterocycles. The molecular weight excluding hydrogens is 256 g/mol. The summed E-state index contributed by atoms with van der Waals surface area (Å²) in [4.78, 5) is 22.7. The number of nitrogen functional groups attached to an aromatic ring is 1. The second-order valence-corrected chi connectivity index (χ2v) is 3.93. The van der Waals surface area contributed by atoms with Crippen molar-refractivity contribution < 1.29 is 4.79 Å². The van der Waals surface area contributed by atoms with E-state index in [2.05, 4.69) is 15.5 Å². The van der Waals surface area contributed by atoms with Crippen LogP contribution < -0.4 is 16.6 Å². The van der Waals surface area contributed by atoms with E-state index in [9.17, 15) is 9.59 Å². The van der Waals surface area contributed by atoms with Gasteiger partial charge in [-0.15, -0.1) is 0 Å². The fraction of sp³-hybridized carbons (Fsp3) is 0. The number of nitrogens with two attached hydrogens (primary N) is 1. The summed E-state index contributed by atoms with van der Waals surface area (Å²) in [6.45, 7) is 0. The van der Waals surface area contributed by atoms with Crippen molar-refractivity contribution in [3.05, 3.63) is 51.3 Å². The zero-order chi connectivity index (χ0) is 13.1. The molecule has 0 radical (unpaired) electrons. The second kappa shape index (κ2) is 4.89. The lowest BCUT2D eigenvalue weighted by Gasteiger charge is -2.06. The molecule has 0 aliphatic carbocycles. The van der Waals surface area contributed by atoms with E-state index in [0.29, 0.717) is 5.02 Å². The molecule has 1 heterocycles. The lowest BCUT2D eigenvalue weighted by Crippen LogP contribution is -2.17. The zero-order valence-electron chi connectivity index (χ0n) is 9.11. The lowest BCUT2D eigenvalue weighted by molar-refractivity contribution is 0.102. The molecule has 1 aromatic heterocycles. The van der Waals surface area contributed by atoms with E-state index in [1.54, 1.807) is 6.07 Å². The number of aromatic amines is 1. The third-order valence-corrected chi connectivity index (χ3v) is 2.41. The number of amides is 1. The fourth-order valence-electron chi connectivity index (χ4n) is 1.34. The normalized spacial score (nSPS) is 10.1. The molecule has 7 heteroatoms. The van der Waals surface area contributed by atoms with Crippen molar-refractivity contribution in [2.75, 3.05) is 11.1 Å². The molecule has 92 valence electrons. The van der Waals surface area contributed by atoms with E-state index in [0.717, 1.165) is 0 Å². The van der Waals surface area contributed by atoms with E-state index in [4.69, 9.17) is 17.3 Å². The lowest BCUT2D eigenvalue weighted by atomic mass is 10.1. The molecule has 18 heavy (non-hydrogen) atoms. The molecule has 0 fully saturated rings. The Morgan fingerprint density at radius 2 is 2.11 bits per heavy atom. The van der Waals surface area contributed by atoms with Gasteiger partial charge in [-0.1, -0.05) is 11.6 Å². The molecule has 6 nitrogen and oxygen atoms in total. The van der Waals surface area contributed by atoms with E-state index >= 15 is 0 Å². The summed E-state index contributed by atoms with van der Waals surface area (Å²) in [7, 11) is 0. The molecule has 0 spiro atoms. The van der Waals surface area contributed by atoms with Crippen molar-refractivity contribution in [2.24, 2.45) is 0 Å². The molecule has 4 N–H and O–H groups in total. The van der Waals surface area contributed by atoms with Crippen LogP contribution in [0.15, 0.2) is 35.1 Å². The first-order chi connectivity index (χ1) is 8.56. The summed E-state index contributed by atoms with van der Waals surface area (Å²) in [6.07, 6.45) is 0. The van der Waals surface area contributed by atoms with Gasteiger partial charge >= 0.3 is 0 Å². The maximum Gasteiger partial charge on any atom is 0.264 e. The highest BCUT2D eigenvalue weighted by molar-refractivity contribution is 6.31. The van der Waals surface area contributed by atoms with Gasteiger partial charge in [0.2, 0.25) is 0 Å². The second-order valence-electron chi connectivity index (χ2n) is 3.49.